The van der Waals surface area contributed by atoms with Gasteiger partial charge in [0.05, 0.1) is 7.11 Å². The first-order valence-corrected chi connectivity index (χ1v) is 3.67. The summed E-state index contributed by atoms with van der Waals surface area (Å²) in [7, 11) is 2.71. The Hall–Kier alpha value is -1.10. The predicted molar refractivity (Wildman–Crippen MR) is 43.3 cm³/mol. The zero-order valence-corrected chi connectivity index (χ0v) is 7.37. The van der Waals surface area contributed by atoms with Crippen molar-refractivity contribution in [3.63, 3.8) is 0 Å². The average Bonchev–Trinajstić information content (AvgIpc) is 2.11. The Morgan fingerprint density at radius 3 is 2.50 bits per heavy atom. The zero-order valence-electron chi connectivity index (χ0n) is 7.37. The fourth-order valence-electron chi connectivity index (χ4n) is 0.673. The normalized spacial score (nSPS) is 9.25. The van der Waals surface area contributed by atoms with Crippen molar-refractivity contribution in [3.8, 4) is 0 Å². The minimum atomic E-state index is -0.838. The lowest BCUT2D eigenvalue weighted by Crippen LogP contribution is -2.35. The van der Waals surface area contributed by atoms with Crippen LogP contribution in [-0.4, -0.2) is 44.0 Å². The number of ether oxygens (including phenoxy) is 1. The summed E-state index contributed by atoms with van der Waals surface area (Å²) in [4.78, 5) is 23.0. The van der Waals surface area contributed by atoms with Gasteiger partial charge in [0.1, 0.15) is 0 Å². The van der Waals surface area contributed by atoms with Gasteiger partial charge in [0.25, 0.3) is 0 Å². The van der Waals surface area contributed by atoms with E-state index in [1.54, 1.807) is 0 Å². The van der Waals surface area contributed by atoms with E-state index in [0.717, 1.165) is 0 Å². The molecule has 0 saturated heterocycles. The minimum Gasteiger partial charge on any atom is -0.462 e. The molecule has 0 aromatic heterocycles. The number of nitrogens with two attached hydrogens (primary N) is 1. The number of likely N-dealkylation sites (N-methyl/N-ethyl adjacent to an activating group) is 1. The van der Waals surface area contributed by atoms with Gasteiger partial charge in [0.15, 0.2) is 0 Å². The molecular weight excluding hydrogens is 160 g/mol. The van der Waals surface area contributed by atoms with Crippen LogP contribution in [0.15, 0.2) is 0 Å². The Morgan fingerprint density at radius 1 is 1.50 bits per heavy atom. The molecule has 0 aliphatic heterocycles. The third-order valence-electron chi connectivity index (χ3n) is 1.40. The zero-order chi connectivity index (χ0) is 9.56. The summed E-state index contributed by atoms with van der Waals surface area (Å²) in [6.45, 7) is 0.975. The van der Waals surface area contributed by atoms with E-state index in [2.05, 4.69) is 4.74 Å². The first kappa shape index (κ1) is 10.9. The molecule has 0 unspecified atom stereocenters. The van der Waals surface area contributed by atoms with Gasteiger partial charge in [0, 0.05) is 13.6 Å². The second-order valence-electron chi connectivity index (χ2n) is 2.36. The quantitative estimate of drug-likeness (QED) is 0.438. The van der Waals surface area contributed by atoms with E-state index in [1.807, 2.05) is 0 Å². The van der Waals surface area contributed by atoms with Crippen molar-refractivity contribution < 1.29 is 14.3 Å². The molecule has 5 nitrogen and oxygen atoms in total. The molecule has 0 rings (SSSR count). The number of methoxy groups -OCH3 is 1. The Bertz CT molecular complexity index is 170. The summed E-state index contributed by atoms with van der Waals surface area (Å²) in [6.07, 6.45) is 0.680. The topological polar surface area (TPSA) is 72.6 Å². The Morgan fingerprint density at radius 2 is 2.08 bits per heavy atom. The van der Waals surface area contributed by atoms with Crippen molar-refractivity contribution in [2.24, 2.45) is 5.73 Å². The van der Waals surface area contributed by atoms with Gasteiger partial charge >= 0.3 is 11.9 Å². The standard InChI is InChI=1S/C7H14N2O3/c1-9(5-3-4-8)6(10)7(11)12-2/h3-5,8H2,1-2H3. The van der Waals surface area contributed by atoms with Gasteiger partial charge in [0.2, 0.25) is 0 Å². The van der Waals surface area contributed by atoms with Crippen LogP contribution in [-0.2, 0) is 14.3 Å². The Kier molecular flexibility index (Phi) is 5.03. The molecule has 0 fully saturated rings. The van der Waals surface area contributed by atoms with Crippen molar-refractivity contribution in [3.05, 3.63) is 0 Å². The highest BCUT2D eigenvalue weighted by molar-refractivity contribution is 6.32. The third kappa shape index (κ3) is 3.34. The molecule has 12 heavy (non-hydrogen) atoms. The maximum atomic E-state index is 11.0. The van der Waals surface area contributed by atoms with Crippen LogP contribution < -0.4 is 5.73 Å². The molecule has 0 aliphatic carbocycles. The minimum absolute atomic E-state index is 0.477. The van der Waals surface area contributed by atoms with Gasteiger partial charge in [-0.3, -0.25) is 4.79 Å². The molecule has 70 valence electrons. The van der Waals surface area contributed by atoms with Gasteiger partial charge in [-0.15, -0.1) is 0 Å². The van der Waals surface area contributed by atoms with E-state index >= 15 is 0 Å². The number of hydrogen-bond acceptors (Lipinski definition) is 4. The van der Waals surface area contributed by atoms with E-state index in [1.165, 1.54) is 19.1 Å². The second-order valence-corrected chi connectivity index (χ2v) is 2.36. The van der Waals surface area contributed by atoms with Crippen molar-refractivity contribution in [1.82, 2.24) is 4.90 Å². The average molecular weight is 174 g/mol. The molecule has 0 atom stereocenters. The van der Waals surface area contributed by atoms with Gasteiger partial charge < -0.3 is 15.4 Å². The molecule has 0 radical (unpaired) electrons. The van der Waals surface area contributed by atoms with E-state index in [-0.39, 0.29) is 0 Å². The highest BCUT2D eigenvalue weighted by atomic mass is 16.5. The smallest absolute Gasteiger partial charge is 0.396 e. The largest absolute Gasteiger partial charge is 0.462 e. The summed E-state index contributed by atoms with van der Waals surface area (Å²) >= 11 is 0. The van der Waals surface area contributed by atoms with Gasteiger partial charge in [-0.25, -0.2) is 4.79 Å². The summed E-state index contributed by atoms with van der Waals surface area (Å²) in [5, 5.41) is 0. The monoisotopic (exact) mass is 174 g/mol. The van der Waals surface area contributed by atoms with E-state index < -0.39 is 11.9 Å². The molecule has 0 bridgehead atoms. The van der Waals surface area contributed by atoms with Crippen molar-refractivity contribution >= 4 is 11.9 Å². The lowest BCUT2D eigenvalue weighted by Gasteiger charge is -2.14. The number of nitrogens with zero attached hydrogens (tertiary/aromatic N) is 1. The maximum absolute atomic E-state index is 11.0. The van der Waals surface area contributed by atoms with E-state index in [4.69, 9.17) is 5.73 Å². The maximum Gasteiger partial charge on any atom is 0.396 e. The predicted octanol–water partition coefficient (Wildman–Crippen LogP) is -1.03. The highest BCUT2D eigenvalue weighted by Gasteiger charge is 2.17. The van der Waals surface area contributed by atoms with Gasteiger partial charge in [-0.2, -0.15) is 0 Å². The molecule has 0 heterocycles. The van der Waals surface area contributed by atoms with Crippen LogP contribution in [0.5, 0.6) is 0 Å². The molecule has 0 aromatic carbocycles. The first-order valence-electron chi connectivity index (χ1n) is 3.67. The summed E-state index contributed by atoms with van der Waals surface area (Å²) in [5.74, 6) is -1.47. The van der Waals surface area contributed by atoms with Gasteiger partial charge in [-0.05, 0) is 13.0 Å². The molecular formula is C7H14N2O3. The molecule has 0 spiro atoms. The number of hydrogen-bond donors (Lipinski definition) is 1. The highest BCUT2D eigenvalue weighted by Crippen LogP contribution is 1.89. The number of esters is 1. The van der Waals surface area contributed by atoms with Crippen LogP contribution in [0.1, 0.15) is 6.42 Å². The lowest BCUT2D eigenvalue weighted by molar-refractivity contribution is -0.157. The molecule has 0 aliphatic rings. The van der Waals surface area contributed by atoms with Crippen LogP contribution in [0.4, 0.5) is 0 Å². The summed E-state index contributed by atoms with van der Waals surface area (Å²) in [6, 6.07) is 0. The van der Waals surface area contributed by atoms with Crippen LogP contribution in [0, 0.1) is 0 Å². The number of rotatable bonds is 3. The van der Waals surface area contributed by atoms with Crippen molar-refractivity contribution in [1.29, 1.82) is 0 Å². The third-order valence-corrected chi connectivity index (χ3v) is 1.40. The fourth-order valence-corrected chi connectivity index (χ4v) is 0.673. The lowest BCUT2D eigenvalue weighted by atomic mass is 10.4. The van der Waals surface area contributed by atoms with Crippen LogP contribution >= 0.6 is 0 Å². The summed E-state index contributed by atoms with van der Waals surface area (Å²) in [5.41, 5.74) is 5.23. The van der Waals surface area contributed by atoms with Crippen LogP contribution in [0.25, 0.3) is 0 Å². The molecule has 0 saturated carbocycles. The molecule has 0 aromatic rings. The summed E-state index contributed by atoms with van der Waals surface area (Å²) < 4.78 is 4.25. The SMILES string of the molecule is COC(=O)C(=O)N(C)CCCN. The van der Waals surface area contributed by atoms with E-state index in [0.29, 0.717) is 19.5 Å². The number of carbonyl (C=O) groups is 2. The van der Waals surface area contributed by atoms with Crippen LogP contribution in [0.2, 0.25) is 0 Å². The van der Waals surface area contributed by atoms with Crippen molar-refractivity contribution in [2.75, 3.05) is 27.2 Å². The first-order chi connectivity index (χ1) is 5.63. The van der Waals surface area contributed by atoms with Crippen molar-refractivity contribution in [2.45, 2.75) is 6.42 Å². The molecule has 1 amide bonds. The number of amides is 1. The molecule has 5 heteroatoms. The van der Waals surface area contributed by atoms with Gasteiger partial charge in [-0.1, -0.05) is 0 Å². The van der Waals surface area contributed by atoms with Crippen LogP contribution in [0.3, 0.4) is 0 Å². The fraction of sp³-hybridized carbons (Fsp3) is 0.714. The Balaban J connectivity index is 3.84. The Labute approximate surface area is 71.5 Å². The molecule has 2 N–H and O–H groups in total. The number of carbonyl (C=O) groups excluding carboxylic acids is 2. The second kappa shape index (κ2) is 5.54. The van der Waals surface area contributed by atoms with E-state index in [9.17, 15) is 9.59 Å².